The number of rotatable bonds is 10. The Morgan fingerprint density at radius 3 is 2.82 bits per heavy atom. The van der Waals surface area contributed by atoms with Crippen LogP contribution in [0.2, 0.25) is 0 Å². The molecule has 4 N–H and O–H groups in total. The van der Waals surface area contributed by atoms with Crippen molar-refractivity contribution in [1.82, 2.24) is 20.6 Å². The Morgan fingerprint density at radius 2 is 2.12 bits per heavy atom. The van der Waals surface area contributed by atoms with Crippen LogP contribution in [0.25, 0.3) is 0 Å². The van der Waals surface area contributed by atoms with Crippen LogP contribution in [0.3, 0.4) is 0 Å². The number of nitriles is 1. The molecule has 178 valence electrons. The molecule has 9 nitrogen and oxygen atoms in total. The van der Waals surface area contributed by atoms with E-state index in [1.807, 2.05) is 12.1 Å². The maximum Gasteiger partial charge on any atom is 0.237 e. The van der Waals surface area contributed by atoms with E-state index >= 15 is 0 Å². The highest BCUT2D eigenvalue weighted by Gasteiger charge is 2.28. The van der Waals surface area contributed by atoms with Gasteiger partial charge >= 0.3 is 0 Å². The Labute approximate surface area is 200 Å². The number of unbranched alkanes of at least 4 members (excludes halogenated alkanes) is 1. The van der Waals surface area contributed by atoms with Crippen molar-refractivity contribution in [1.29, 1.82) is 5.26 Å². The first kappa shape index (κ1) is 25.0. The van der Waals surface area contributed by atoms with Crippen molar-refractivity contribution >= 4 is 23.4 Å². The summed E-state index contributed by atoms with van der Waals surface area (Å²) < 4.78 is 5.28. The largest absolute Gasteiger partial charge is 0.380 e. The number of benzene rings is 1. The van der Waals surface area contributed by atoms with Gasteiger partial charge in [0.15, 0.2) is 0 Å². The standard InChI is InChI=1S/C25H31N7O2/c1-3-12-27-23-19(16-30-25(32-23)31-20-10-8-18(15-26)9-11-20)7-5-4-6-13-28-24(33)22-14-21(34-2)17-29-22/h8-11,16,21-22,29H,3-4,6,12-14,17H2,1-2H3,(H,28,33)(H2,27,30,31,32)/t21-,22-/m0/s1. The molecular formula is C25H31N7O2. The molecule has 0 bridgehead atoms. The average Bonchev–Trinajstić information content (AvgIpc) is 3.35. The van der Waals surface area contributed by atoms with Gasteiger partial charge < -0.3 is 26.0 Å². The lowest BCUT2D eigenvalue weighted by molar-refractivity contribution is -0.122. The number of hydrogen-bond acceptors (Lipinski definition) is 8. The molecule has 1 aromatic heterocycles. The lowest BCUT2D eigenvalue weighted by atomic mass is 10.2. The van der Waals surface area contributed by atoms with Crippen molar-refractivity contribution < 1.29 is 9.53 Å². The number of ether oxygens (including phenoxy) is 1. The van der Waals surface area contributed by atoms with Gasteiger partial charge in [-0.25, -0.2) is 4.98 Å². The van der Waals surface area contributed by atoms with Crippen molar-refractivity contribution in [2.45, 2.75) is 44.8 Å². The van der Waals surface area contributed by atoms with Crippen molar-refractivity contribution in [2.75, 3.05) is 37.4 Å². The molecule has 0 radical (unpaired) electrons. The Balaban J connectivity index is 1.52. The minimum atomic E-state index is -0.184. The number of amides is 1. The highest BCUT2D eigenvalue weighted by atomic mass is 16.5. The Kier molecular flexibility index (Phi) is 9.65. The van der Waals surface area contributed by atoms with Gasteiger partial charge in [-0.2, -0.15) is 10.2 Å². The number of carbonyl (C=O) groups excluding carboxylic acids is 1. The molecule has 1 aliphatic heterocycles. The van der Waals surface area contributed by atoms with Crippen LogP contribution in [-0.2, 0) is 9.53 Å². The number of nitrogens with zero attached hydrogens (tertiary/aromatic N) is 3. The third kappa shape index (κ3) is 7.45. The summed E-state index contributed by atoms with van der Waals surface area (Å²) in [6.45, 7) is 4.14. The normalized spacial score (nSPS) is 16.7. The molecule has 2 heterocycles. The van der Waals surface area contributed by atoms with Gasteiger partial charge in [0.2, 0.25) is 11.9 Å². The fraction of sp³-hybridized carbons (Fsp3) is 0.440. The van der Waals surface area contributed by atoms with Gasteiger partial charge in [-0.1, -0.05) is 18.8 Å². The van der Waals surface area contributed by atoms with Crippen LogP contribution in [-0.4, -0.2) is 54.8 Å². The molecule has 34 heavy (non-hydrogen) atoms. The van der Waals surface area contributed by atoms with Gasteiger partial charge in [-0.3, -0.25) is 4.79 Å². The van der Waals surface area contributed by atoms with Gasteiger partial charge in [0.1, 0.15) is 5.82 Å². The van der Waals surface area contributed by atoms with E-state index in [1.165, 1.54) is 0 Å². The Bertz CT molecular complexity index is 1050. The van der Waals surface area contributed by atoms with Crippen LogP contribution >= 0.6 is 0 Å². The first-order valence-corrected chi connectivity index (χ1v) is 11.5. The second-order valence-electron chi connectivity index (χ2n) is 7.95. The van der Waals surface area contributed by atoms with Crippen LogP contribution in [0.5, 0.6) is 0 Å². The minimum Gasteiger partial charge on any atom is -0.380 e. The molecule has 2 atom stereocenters. The van der Waals surface area contributed by atoms with Crippen LogP contribution in [0.15, 0.2) is 30.5 Å². The topological polar surface area (TPSA) is 124 Å². The number of aromatic nitrogens is 2. The van der Waals surface area contributed by atoms with E-state index in [9.17, 15) is 4.79 Å². The smallest absolute Gasteiger partial charge is 0.237 e. The maximum atomic E-state index is 12.2. The zero-order chi connectivity index (χ0) is 24.2. The summed E-state index contributed by atoms with van der Waals surface area (Å²) in [5.74, 6) is 7.43. The number of carbonyl (C=O) groups is 1. The number of nitrogens with one attached hydrogen (secondary N) is 4. The lowest BCUT2D eigenvalue weighted by Crippen LogP contribution is -2.40. The number of anilines is 3. The van der Waals surface area contributed by atoms with Crippen molar-refractivity contribution in [3.05, 3.63) is 41.6 Å². The quantitative estimate of drug-likeness (QED) is 0.314. The predicted octanol–water partition coefficient (Wildman–Crippen LogP) is 2.54. The predicted molar refractivity (Wildman–Crippen MR) is 132 cm³/mol. The molecule has 0 aliphatic carbocycles. The minimum absolute atomic E-state index is 0.0114. The number of methoxy groups -OCH3 is 1. The molecule has 1 aliphatic rings. The molecule has 0 unspecified atom stereocenters. The summed E-state index contributed by atoms with van der Waals surface area (Å²) >= 11 is 0. The second-order valence-corrected chi connectivity index (χ2v) is 7.95. The summed E-state index contributed by atoms with van der Waals surface area (Å²) in [6.07, 6.45) is 4.86. The highest BCUT2D eigenvalue weighted by molar-refractivity contribution is 5.82. The Morgan fingerprint density at radius 1 is 1.29 bits per heavy atom. The maximum absolute atomic E-state index is 12.2. The fourth-order valence-corrected chi connectivity index (χ4v) is 3.42. The third-order valence-corrected chi connectivity index (χ3v) is 5.34. The first-order valence-electron chi connectivity index (χ1n) is 11.5. The zero-order valence-corrected chi connectivity index (χ0v) is 19.6. The molecule has 2 aromatic rings. The zero-order valence-electron chi connectivity index (χ0n) is 19.6. The van der Waals surface area contributed by atoms with Crippen LogP contribution in [0, 0.1) is 23.2 Å². The molecule has 0 saturated carbocycles. The molecular weight excluding hydrogens is 430 g/mol. The van der Waals surface area contributed by atoms with E-state index in [0.29, 0.717) is 43.3 Å². The van der Waals surface area contributed by atoms with Gasteiger partial charge in [0, 0.05) is 38.9 Å². The van der Waals surface area contributed by atoms with Crippen LogP contribution in [0.1, 0.15) is 43.7 Å². The fourth-order valence-electron chi connectivity index (χ4n) is 3.42. The van der Waals surface area contributed by atoms with Crippen LogP contribution < -0.4 is 21.3 Å². The van der Waals surface area contributed by atoms with Gasteiger partial charge in [-0.05, 0) is 43.5 Å². The van der Waals surface area contributed by atoms with E-state index in [0.717, 1.165) is 30.6 Å². The van der Waals surface area contributed by atoms with Crippen molar-refractivity contribution in [3.63, 3.8) is 0 Å². The van der Waals surface area contributed by atoms with Gasteiger partial charge in [0.25, 0.3) is 0 Å². The summed E-state index contributed by atoms with van der Waals surface area (Å²) in [5, 5.41) is 21.5. The molecule has 3 rings (SSSR count). The summed E-state index contributed by atoms with van der Waals surface area (Å²) in [6, 6.07) is 9.01. The van der Waals surface area contributed by atoms with Crippen LogP contribution in [0.4, 0.5) is 17.5 Å². The molecule has 0 spiro atoms. The lowest BCUT2D eigenvalue weighted by Gasteiger charge is -2.10. The molecule has 1 saturated heterocycles. The number of hydrogen-bond donors (Lipinski definition) is 4. The molecule has 1 fully saturated rings. The summed E-state index contributed by atoms with van der Waals surface area (Å²) in [7, 11) is 1.67. The molecule has 1 aromatic carbocycles. The van der Waals surface area contributed by atoms with Crippen molar-refractivity contribution in [3.8, 4) is 17.9 Å². The van der Waals surface area contributed by atoms with E-state index in [2.05, 4.69) is 56.1 Å². The Hall–Kier alpha value is -3.66. The summed E-state index contributed by atoms with van der Waals surface area (Å²) in [5.41, 5.74) is 2.12. The van der Waals surface area contributed by atoms with Gasteiger partial charge in [0.05, 0.1) is 35.5 Å². The highest BCUT2D eigenvalue weighted by Crippen LogP contribution is 2.18. The molecule has 9 heteroatoms. The molecule has 1 amide bonds. The van der Waals surface area contributed by atoms with E-state index in [1.54, 1.807) is 25.4 Å². The van der Waals surface area contributed by atoms with Crippen molar-refractivity contribution in [2.24, 2.45) is 0 Å². The first-order chi connectivity index (χ1) is 16.6. The van der Waals surface area contributed by atoms with Gasteiger partial charge in [-0.15, -0.1) is 0 Å². The van der Waals surface area contributed by atoms with E-state index in [4.69, 9.17) is 10.00 Å². The van der Waals surface area contributed by atoms with E-state index < -0.39 is 0 Å². The second kappa shape index (κ2) is 13.1. The average molecular weight is 462 g/mol. The monoisotopic (exact) mass is 461 g/mol. The van der Waals surface area contributed by atoms with E-state index in [-0.39, 0.29) is 18.1 Å². The SMILES string of the molecule is CCCNc1nc(Nc2ccc(C#N)cc2)ncc1C#CCCCNC(=O)[C@@H]1C[C@H](OC)CN1. The summed E-state index contributed by atoms with van der Waals surface area (Å²) in [4.78, 5) is 21.1. The third-order valence-electron chi connectivity index (χ3n) is 5.34.